The summed E-state index contributed by atoms with van der Waals surface area (Å²) in [5.41, 5.74) is 6.01. The molecule has 0 bridgehead atoms. The van der Waals surface area contributed by atoms with Crippen LogP contribution in [0, 0.1) is 5.92 Å². The Labute approximate surface area is 105 Å². The molecule has 0 aromatic rings. The molecule has 2 rings (SSSR count). The lowest BCUT2D eigenvalue weighted by Crippen LogP contribution is -2.68. The molecule has 3 nitrogen and oxygen atoms in total. The third kappa shape index (κ3) is 3.21. The molecule has 2 aliphatic rings. The quantitative estimate of drug-likeness (QED) is 0.767. The van der Waals surface area contributed by atoms with Gasteiger partial charge in [-0.25, -0.2) is 0 Å². The zero-order chi connectivity index (χ0) is 12.3. The maximum Gasteiger partial charge on any atom is 0.222 e. The van der Waals surface area contributed by atoms with E-state index in [1.807, 2.05) is 4.90 Å². The average molecular weight is 238 g/mol. The summed E-state index contributed by atoms with van der Waals surface area (Å²) < 4.78 is 0. The maximum absolute atomic E-state index is 12.1. The summed E-state index contributed by atoms with van der Waals surface area (Å²) in [5, 5.41) is 0. The van der Waals surface area contributed by atoms with E-state index in [0.29, 0.717) is 11.8 Å². The molecule has 0 aromatic heterocycles. The van der Waals surface area contributed by atoms with Crippen LogP contribution < -0.4 is 5.73 Å². The zero-order valence-corrected chi connectivity index (χ0v) is 11.1. The fraction of sp³-hybridized carbons (Fsp3) is 0.929. The Bertz CT molecular complexity index is 263. The highest BCUT2D eigenvalue weighted by molar-refractivity contribution is 5.77. The summed E-state index contributed by atoms with van der Waals surface area (Å²) in [6.45, 7) is 3.65. The van der Waals surface area contributed by atoms with Gasteiger partial charge in [-0.05, 0) is 25.2 Å². The van der Waals surface area contributed by atoms with Gasteiger partial charge < -0.3 is 10.6 Å². The van der Waals surface area contributed by atoms with E-state index in [1.165, 1.54) is 38.5 Å². The van der Waals surface area contributed by atoms with E-state index < -0.39 is 0 Å². The van der Waals surface area contributed by atoms with Crippen molar-refractivity contribution < 1.29 is 4.79 Å². The smallest absolute Gasteiger partial charge is 0.222 e. The molecule has 0 atom stereocenters. The van der Waals surface area contributed by atoms with Crippen molar-refractivity contribution in [2.75, 3.05) is 13.1 Å². The average Bonchev–Trinajstić information content (AvgIpc) is 2.53. The first-order valence-corrected chi connectivity index (χ1v) is 7.19. The predicted molar refractivity (Wildman–Crippen MR) is 69.6 cm³/mol. The summed E-state index contributed by atoms with van der Waals surface area (Å²) in [6, 6.07) is 0. The lowest BCUT2D eigenvalue weighted by atomic mass is 9.87. The number of nitrogens with two attached hydrogens (primary N) is 1. The lowest BCUT2D eigenvalue weighted by molar-refractivity contribution is -0.139. The van der Waals surface area contributed by atoms with Gasteiger partial charge in [0.05, 0.1) is 5.54 Å². The normalized spacial score (nSPS) is 25.2. The predicted octanol–water partition coefficient (Wildman–Crippen LogP) is 2.30. The Balaban J connectivity index is 1.74. The molecule has 0 radical (unpaired) electrons. The van der Waals surface area contributed by atoms with Crippen molar-refractivity contribution in [3.63, 3.8) is 0 Å². The summed E-state index contributed by atoms with van der Waals surface area (Å²) in [5.74, 6) is 0.978. The van der Waals surface area contributed by atoms with Gasteiger partial charge in [0.1, 0.15) is 0 Å². The van der Waals surface area contributed by atoms with Gasteiger partial charge in [-0.15, -0.1) is 0 Å². The van der Waals surface area contributed by atoms with Gasteiger partial charge >= 0.3 is 0 Å². The number of likely N-dealkylation sites (tertiary alicyclic amines) is 1. The molecule has 17 heavy (non-hydrogen) atoms. The molecule has 0 unspecified atom stereocenters. The van der Waals surface area contributed by atoms with Crippen LogP contribution in [0.15, 0.2) is 0 Å². The molecule has 98 valence electrons. The van der Waals surface area contributed by atoms with Crippen LogP contribution in [0.4, 0.5) is 0 Å². The largest absolute Gasteiger partial charge is 0.339 e. The summed E-state index contributed by atoms with van der Waals surface area (Å²) in [7, 11) is 0. The van der Waals surface area contributed by atoms with E-state index in [4.69, 9.17) is 5.73 Å². The van der Waals surface area contributed by atoms with E-state index in [1.54, 1.807) is 0 Å². The van der Waals surface area contributed by atoms with Gasteiger partial charge in [0.15, 0.2) is 0 Å². The van der Waals surface area contributed by atoms with E-state index in [9.17, 15) is 4.79 Å². The number of carbonyl (C=O) groups excluding carboxylic acids is 1. The van der Waals surface area contributed by atoms with E-state index in [2.05, 4.69) is 6.92 Å². The standard InChI is InChI=1S/C14H26N2O/c1-2-14(15)10-16(11-14)13(17)9-12-7-5-3-4-6-8-12/h12H,2-11,15H2,1H3. The van der Waals surface area contributed by atoms with Gasteiger partial charge in [-0.3, -0.25) is 4.79 Å². The Morgan fingerprint density at radius 2 is 1.82 bits per heavy atom. The lowest BCUT2D eigenvalue weighted by Gasteiger charge is -2.47. The molecular formula is C14H26N2O. The maximum atomic E-state index is 12.1. The third-order valence-corrected chi connectivity index (χ3v) is 4.51. The Kier molecular flexibility index (Phi) is 4.08. The number of hydrogen-bond donors (Lipinski definition) is 1. The van der Waals surface area contributed by atoms with Gasteiger partial charge in [-0.1, -0.05) is 32.6 Å². The zero-order valence-electron chi connectivity index (χ0n) is 11.1. The molecule has 1 aliphatic heterocycles. The van der Waals surface area contributed by atoms with Crippen molar-refractivity contribution in [3.05, 3.63) is 0 Å². The minimum Gasteiger partial charge on any atom is -0.339 e. The van der Waals surface area contributed by atoms with Crippen molar-refractivity contribution in [1.29, 1.82) is 0 Å². The van der Waals surface area contributed by atoms with Crippen LogP contribution in [0.2, 0.25) is 0 Å². The second-order valence-electron chi connectivity index (χ2n) is 6.03. The van der Waals surface area contributed by atoms with E-state index >= 15 is 0 Å². The van der Waals surface area contributed by atoms with Crippen LogP contribution in [-0.2, 0) is 4.79 Å². The number of carbonyl (C=O) groups is 1. The fourth-order valence-corrected chi connectivity index (χ4v) is 3.06. The minimum atomic E-state index is -0.0842. The molecule has 0 aromatic carbocycles. The first-order chi connectivity index (χ1) is 8.13. The van der Waals surface area contributed by atoms with Crippen molar-refractivity contribution in [3.8, 4) is 0 Å². The van der Waals surface area contributed by atoms with Gasteiger partial charge in [0.25, 0.3) is 0 Å². The first-order valence-electron chi connectivity index (χ1n) is 7.19. The van der Waals surface area contributed by atoms with Crippen molar-refractivity contribution >= 4 is 5.91 Å². The number of amides is 1. The van der Waals surface area contributed by atoms with Crippen LogP contribution >= 0.6 is 0 Å². The third-order valence-electron chi connectivity index (χ3n) is 4.51. The molecule has 1 amide bonds. The highest BCUT2D eigenvalue weighted by Crippen LogP contribution is 2.28. The Morgan fingerprint density at radius 1 is 1.24 bits per heavy atom. The second-order valence-corrected chi connectivity index (χ2v) is 6.03. The van der Waals surface area contributed by atoms with Crippen LogP contribution in [0.25, 0.3) is 0 Å². The van der Waals surface area contributed by atoms with Crippen molar-refractivity contribution in [1.82, 2.24) is 4.90 Å². The molecule has 2 N–H and O–H groups in total. The molecule has 3 heteroatoms. The van der Waals surface area contributed by atoms with Gasteiger partial charge in [-0.2, -0.15) is 0 Å². The molecule has 2 fully saturated rings. The van der Waals surface area contributed by atoms with Crippen LogP contribution in [0.3, 0.4) is 0 Å². The summed E-state index contributed by atoms with van der Waals surface area (Å²) in [4.78, 5) is 14.0. The topological polar surface area (TPSA) is 46.3 Å². The fourth-order valence-electron chi connectivity index (χ4n) is 3.06. The number of nitrogens with zero attached hydrogens (tertiary/aromatic N) is 1. The first kappa shape index (κ1) is 12.9. The second kappa shape index (κ2) is 5.38. The minimum absolute atomic E-state index is 0.0842. The summed E-state index contributed by atoms with van der Waals surface area (Å²) >= 11 is 0. The van der Waals surface area contributed by atoms with Crippen LogP contribution in [-0.4, -0.2) is 29.4 Å². The van der Waals surface area contributed by atoms with Crippen LogP contribution in [0.1, 0.15) is 58.3 Å². The van der Waals surface area contributed by atoms with Crippen molar-refractivity contribution in [2.24, 2.45) is 11.7 Å². The monoisotopic (exact) mass is 238 g/mol. The molecule has 1 aliphatic carbocycles. The molecule has 1 heterocycles. The molecule has 0 spiro atoms. The van der Waals surface area contributed by atoms with E-state index in [-0.39, 0.29) is 5.54 Å². The summed E-state index contributed by atoms with van der Waals surface area (Å²) in [6.07, 6.45) is 9.58. The van der Waals surface area contributed by atoms with Crippen molar-refractivity contribution in [2.45, 2.75) is 63.8 Å². The van der Waals surface area contributed by atoms with E-state index in [0.717, 1.165) is 25.9 Å². The van der Waals surface area contributed by atoms with Crippen LogP contribution in [0.5, 0.6) is 0 Å². The Morgan fingerprint density at radius 3 is 2.35 bits per heavy atom. The molecule has 1 saturated carbocycles. The number of hydrogen-bond acceptors (Lipinski definition) is 2. The molecular weight excluding hydrogens is 212 g/mol. The van der Waals surface area contributed by atoms with Gasteiger partial charge in [0.2, 0.25) is 5.91 Å². The Hall–Kier alpha value is -0.570. The highest BCUT2D eigenvalue weighted by atomic mass is 16.2. The number of rotatable bonds is 3. The highest BCUT2D eigenvalue weighted by Gasteiger charge is 2.40. The SMILES string of the molecule is CCC1(N)CN(C(=O)CC2CCCCCC2)C1. The molecule has 1 saturated heterocycles. The van der Waals surface area contributed by atoms with Gasteiger partial charge in [0, 0.05) is 19.5 Å².